The first-order valence-corrected chi connectivity index (χ1v) is 11.5. The molecule has 0 aliphatic carbocycles. The molecule has 0 saturated carbocycles. The standard InChI is InChI=1S/C21H34N6OS.HI/c1-5-22-21(23-11-10-18-25-20(15(2)3)26-28-18)24-14-16-8-6-12-27(4)19(16)17-9-7-13-29-17;/h7,9,13,15-16,19H,5-6,8,10-12,14H2,1-4H3,(H2,22,23,24);1H. The zero-order valence-corrected chi connectivity index (χ0v) is 21.6. The third kappa shape index (κ3) is 6.91. The lowest BCUT2D eigenvalue weighted by molar-refractivity contribution is 0.128. The monoisotopic (exact) mass is 546 g/mol. The highest BCUT2D eigenvalue weighted by atomic mass is 127. The van der Waals surface area contributed by atoms with Gasteiger partial charge in [-0.2, -0.15) is 4.98 Å². The van der Waals surface area contributed by atoms with Gasteiger partial charge in [0.15, 0.2) is 11.8 Å². The molecule has 2 N–H and O–H groups in total. The van der Waals surface area contributed by atoms with E-state index < -0.39 is 0 Å². The summed E-state index contributed by atoms with van der Waals surface area (Å²) in [7, 11) is 2.24. The number of aliphatic imine (C=N–C) groups is 1. The first kappa shape index (κ1) is 25.1. The molecule has 2 unspecified atom stereocenters. The molecule has 1 aliphatic rings. The van der Waals surface area contributed by atoms with Gasteiger partial charge in [-0.05, 0) is 50.7 Å². The molecule has 3 heterocycles. The molecule has 1 fully saturated rings. The van der Waals surface area contributed by atoms with Crippen molar-refractivity contribution >= 4 is 41.3 Å². The lowest BCUT2D eigenvalue weighted by atomic mass is 9.88. The van der Waals surface area contributed by atoms with Crippen LogP contribution < -0.4 is 10.6 Å². The van der Waals surface area contributed by atoms with E-state index in [0.29, 0.717) is 30.8 Å². The summed E-state index contributed by atoms with van der Waals surface area (Å²) in [5.74, 6) is 3.11. The Balaban J connectivity index is 0.00000320. The van der Waals surface area contributed by atoms with Crippen LogP contribution in [0.3, 0.4) is 0 Å². The second-order valence-electron chi connectivity index (χ2n) is 7.94. The van der Waals surface area contributed by atoms with Crippen LogP contribution in [0.15, 0.2) is 27.0 Å². The molecule has 0 bridgehead atoms. The van der Waals surface area contributed by atoms with E-state index in [4.69, 9.17) is 9.52 Å². The van der Waals surface area contributed by atoms with E-state index in [0.717, 1.165) is 31.4 Å². The molecule has 0 spiro atoms. The first-order valence-electron chi connectivity index (χ1n) is 10.7. The average molecular weight is 547 g/mol. The van der Waals surface area contributed by atoms with E-state index in [1.165, 1.54) is 17.7 Å². The van der Waals surface area contributed by atoms with Gasteiger partial charge in [0.2, 0.25) is 5.89 Å². The van der Waals surface area contributed by atoms with E-state index >= 15 is 0 Å². The van der Waals surface area contributed by atoms with Crippen LogP contribution in [0.1, 0.15) is 62.2 Å². The third-order valence-corrected chi connectivity index (χ3v) is 6.24. The van der Waals surface area contributed by atoms with E-state index in [1.54, 1.807) is 0 Å². The molecular formula is C21H35IN6OS. The van der Waals surface area contributed by atoms with Crippen LogP contribution in [0.4, 0.5) is 0 Å². The van der Waals surface area contributed by atoms with Crippen LogP contribution in [-0.4, -0.2) is 54.2 Å². The summed E-state index contributed by atoms with van der Waals surface area (Å²) in [6.07, 6.45) is 3.14. The molecule has 0 amide bonds. The molecule has 9 heteroatoms. The minimum Gasteiger partial charge on any atom is -0.357 e. The van der Waals surface area contributed by atoms with E-state index in [9.17, 15) is 0 Å². The van der Waals surface area contributed by atoms with Crippen molar-refractivity contribution in [1.82, 2.24) is 25.7 Å². The number of aromatic nitrogens is 2. The molecule has 168 valence electrons. The van der Waals surface area contributed by atoms with Gasteiger partial charge >= 0.3 is 0 Å². The smallest absolute Gasteiger partial charge is 0.228 e. The van der Waals surface area contributed by atoms with Crippen molar-refractivity contribution in [2.45, 2.75) is 52.0 Å². The van der Waals surface area contributed by atoms with Crippen LogP contribution in [0.5, 0.6) is 0 Å². The maximum Gasteiger partial charge on any atom is 0.228 e. The van der Waals surface area contributed by atoms with E-state index in [-0.39, 0.29) is 29.9 Å². The van der Waals surface area contributed by atoms with Gasteiger partial charge in [-0.15, -0.1) is 35.3 Å². The Labute approximate surface area is 201 Å². The van der Waals surface area contributed by atoms with Crippen molar-refractivity contribution in [2.24, 2.45) is 10.9 Å². The number of halogens is 1. The van der Waals surface area contributed by atoms with E-state index in [2.05, 4.69) is 71.0 Å². The maximum absolute atomic E-state index is 5.32. The van der Waals surface area contributed by atoms with Crippen molar-refractivity contribution in [3.8, 4) is 0 Å². The minimum atomic E-state index is 0. The Morgan fingerprint density at radius 1 is 1.40 bits per heavy atom. The average Bonchev–Trinajstić information content (AvgIpc) is 3.38. The molecule has 0 aromatic carbocycles. The van der Waals surface area contributed by atoms with Crippen LogP contribution in [0.2, 0.25) is 0 Å². The Bertz CT molecular complexity index is 763. The maximum atomic E-state index is 5.32. The fourth-order valence-electron chi connectivity index (χ4n) is 3.80. The summed E-state index contributed by atoms with van der Waals surface area (Å²) in [4.78, 5) is 13.3. The highest BCUT2D eigenvalue weighted by Gasteiger charge is 2.31. The fourth-order valence-corrected chi connectivity index (χ4v) is 4.79. The summed E-state index contributed by atoms with van der Waals surface area (Å²) in [5, 5.41) is 13.0. The van der Waals surface area contributed by atoms with Crippen LogP contribution in [0, 0.1) is 5.92 Å². The van der Waals surface area contributed by atoms with Gasteiger partial charge in [0.1, 0.15) is 0 Å². The van der Waals surface area contributed by atoms with Gasteiger partial charge < -0.3 is 15.2 Å². The summed E-state index contributed by atoms with van der Waals surface area (Å²) >= 11 is 1.85. The third-order valence-electron chi connectivity index (χ3n) is 5.30. The van der Waals surface area contributed by atoms with Gasteiger partial charge in [-0.1, -0.05) is 25.1 Å². The number of likely N-dealkylation sites (tertiary alicyclic amines) is 1. The second-order valence-corrected chi connectivity index (χ2v) is 8.92. The topological polar surface area (TPSA) is 78.6 Å². The Morgan fingerprint density at radius 3 is 2.90 bits per heavy atom. The summed E-state index contributed by atoms with van der Waals surface area (Å²) in [5.41, 5.74) is 0. The Hall–Kier alpha value is -1.20. The van der Waals surface area contributed by atoms with Crippen LogP contribution in [0.25, 0.3) is 0 Å². The largest absolute Gasteiger partial charge is 0.357 e. The molecule has 0 radical (unpaired) electrons. The van der Waals surface area contributed by atoms with Gasteiger partial charge in [0.05, 0.1) is 0 Å². The van der Waals surface area contributed by atoms with Gasteiger partial charge in [-0.25, -0.2) is 0 Å². The highest BCUT2D eigenvalue weighted by Crippen LogP contribution is 2.37. The van der Waals surface area contributed by atoms with Gasteiger partial charge in [0.25, 0.3) is 0 Å². The minimum absolute atomic E-state index is 0. The molecular weight excluding hydrogens is 511 g/mol. The number of hydrogen-bond acceptors (Lipinski definition) is 6. The predicted molar refractivity (Wildman–Crippen MR) is 134 cm³/mol. The molecule has 1 aliphatic heterocycles. The lowest BCUT2D eigenvalue weighted by Crippen LogP contribution is -2.40. The lowest BCUT2D eigenvalue weighted by Gasteiger charge is -2.38. The molecule has 7 nitrogen and oxygen atoms in total. The summed E-state index contributed by atoms with van der Waals surface area (Å²) < 4.78 is 5.32. The summed E-state index contributed by atoms with van der Waals surface area (Å²) in [6.45, 7) is 9.74. The first-order chi connectivity index (χ1) is 14.1. The van der Waals surface area contributed by atoms with Gasteiger partial charge in [-0.3, -0.25) is 9.89 Å². The van der Waals surface area contributed by atoms with Crippen molar-refractivity contribution < 1.29 is 4.52 Å². The Kier molecular flexibility index (Phi) is 10.5. The normalized spacial score (nSPS) is 20.2. The van der Waals surface area contributed by atoms with Crippen LogP contribution in [-0.2, 0) is 6.42 Å². The molecule has 30 heavy (non-hydrogen) atoms. The molecule has 3 rings (SSSR count). The van der Waals surface area contributed by atoms with Crippen molar-refractivity contribution in [1.29, 1.82) is 0 Å². The SMILES string of the molecule is CCNC(=NCC1CCCN(C)C1c1cccs1)NCCc1nc(C(C)C)no1.I. The van der Waals surface area contributed by atoms with Crippen molar-refractivity contribution in [3.05, 3.63) is 34.1 Å². The number of rotatable bonds is 8. The zero-order valence-electron chi connectivity index (χ0n) is 18.4. The molecule has 1 saturated heterocycles. The molecule has 2 aromatic rings. The quantitative estimate of drug-likeness (QED) is 0.296. The number of piperidine rings is 1. The van der Waals surface area contributed by atoms with Gasteiger partial charge in [0, 0.05) is 42.9 Å². The number of nitrogens with zero attached hydrogens (tertiary/aromatic N) is 4. The molecule has 2 aromatic heterocycles. The fraction of sp³-hybridized carbons (Fsp3) is 0.667. The van der Waals surface area contributed by atoms with Crippen molar-refractivity contribution in [3.63, 3.8) is 0 Å². The summed E-state index contributed by atoms with van der Waals surface area (Å²) in [6, 6.07) is 4.87. The van der Waals surface area contributed by atoms with Crippen LogP contribution >= 0.6 is 35.3 Å². The highest BCUT2D eigenvalue weighted by molar-refractivity contribution is 14.0. The number of nitrogens with one attached hydrogen (secondary N) is 2. The van der Waals surface area contributed by atoms with Crippen molar-refractivity contribution in [2.75, 3.05) is 33.2 Å². The number of hydrogen-bond donors (Lipinski definition) is 2. The second kappa shape index (κ2) is 12.6. The molecule has 2 atom stereocenters. The van der Waals surface area contributed by atoms with E-state index in [1.807, 2.05) is 11.3 Å². The zero-order chi connectivity index (χ0) is 20.6. The number of thiophene rings is 1. The predicted octanol–water partition coefficient (Wildman–Crippen LogP) is 4.05. The number of guanidine groups is 1. The Morgan fingerprint density at radius 2 is 2.23 bits per heavy atom.